The van der Waals surface area contributed by atoms with E-state index < -0.39 is 22.2 Å². The van der Waals surface area contributed by atoms with E-state index in [1.165, 1.54) is 26.4 Å². The molecule has 1 aliphatic rings. The van der Waals surface area contributed by atoms with Crippen molar-refractivity contribution in [1.29, 1.82) is 0 Å². The highest BCUT2D eigenvalue weighted by molar-refractivity contribution is 7.73. The predicted molar refractivity (Wildman–Crippen MR) is 53.7 cm³/mol. The molecule has 0 radical (unpaired) electrons. The second-order valence-electron chi connectivity index (χ2n) is 2.72. The highest BCUT2D eigenvalue weighted by Crippen LogP contribution is 2.17. The molecular formula is C9H10O5S. The summed E-state index contributed by atoms with van der Waals surface area (Å²) >= 11 is 0. The zero-order chi connectivity index (χ0) is 11.4. The van der Waals surface area contributed by atoms with Crippen LogP contribution in [-0.2, 0) is 24.6 Å². The Morgan fingerprint density at radius 3 is 2.53 bits per heavy atom. The van der Waals surface area contributed by atoms with Crippen LogP contribution in [0, 0.1) is 5.92 Å². The van der Waals surface area contributed by atoms with Gasteiger partial charge in [0, 0.05) is 0 Å². The minimum Gasteiger partial charge on any atom is -0.495 e. The molecule has 0 aromatic heterocycles. The van der Waals surface area contributed by atoms with Crippen LogP contribution in [0.15, 0.2) is 24.0 Å². The maximum absolute atomic E-state index is 11.3. The number of hydrogen-bond donors (Lipinski definition) is 0. The molecule has 1 unspecified atom stereocenters. The summed E-state index contributed by atoms with van der Waals surface area (Å²) in [5.74, 6) is -1.40. The molecule has 0 N–H and O–H groups in total. The molecule has 1 aliphatic carbocycles. The van der Waals surface area contributed by atoms with Gasteiger partial charge in [-0.2, -0.15) is 8.42 Å². The fourth-order valence-corrected chi connectivity index (χ4v) is 1.94. The van der Waals surface area contributed by atoms with E-state index in [-0.39, 0.29) is 10.6 Å². The molecule has 0 saturated heterocycles. The first-order valence-electron chi connectivity index (χ1n) is 4.08. The van der Waals surface area contributed by atoms with E-state index >= 15 is 0 Å². The molecule has 0 spiro atoms. The zero-order valence-electron chi connectivity index (χ0n) is 8.26. The van der Waals surface area contributed by atoms with Gasteiger partial charge in [0.15, 0.2) is 0 Å². The van der Waals surface area contributed by atoms with Crippen molar-refractivity contribution in [2.24, 2.45) is 5.92 Å². The van der Waals surface area contributed by atoms with Crippen LogP contribution in [-0.4, -0.2) is 33.5 Å². The van der Waals surface area contributed by atoms with Gasteiger partial charge in [-0.1, -0.05) is 12.2 Å². The third kappa shape index (κ3) is 2.27. The fraction of sp³-hybridized carbons (Fsp3) is 0.333. The van der Waals surface area contributed by atoms with Crippen molar-refractivity contribution in [2.45, 2.75) is 0 Å². The Morgan fingerprint density at radius 1 is 1.40 bits per heavy atom. The summed E-state index contributed by atoms with van der Waals surface area (Å²) < 4.78 is 31.3. The summed E-state index contributed by atoms with van der Waals surface area (Å²) in [5, 5.41) is 0. The van der Waals surface area contributed by atoms with Crippen molar-refractivity contribution in [2.75, 3.05) is 14.2 Å². The molecule has 0 bridgehead atoms. The molecule has 0 fully saturated rings. The van der Waals surface area contributed by atoms with Crippen molar-refractivity contribution in [3.8, 4) is 0 Å². The maximum Gasteiger partial charge on any atom is 0.318 e. The molecule has 0 heterocycles. The van der Waals surface area contributed by atoms with Crippen LogP contribution in [0.4, 0.5) is 0 Å². The highest BCUT2D eigenvalue weighted by atomic mass is 32.2. The lowest BCUT2D eigenvalue weighted by Gasteiger charge is -2.15. The van der Waals surface area contributed by atoms with Crippen LogP contribution >= 0.6 is 0 Å². The summed E-state index contributed by atoms with van der Waals surface area (Å²) in [6, 6.07) is 0. The van der Waals surface area contributed by atoms with Gasteiger partial charge in [-0.05, 0) is 6.08 Å². The standard InChI is InChI=1S/C9H10O5S/c1-13-7-5-3-4-6(9(10)14-2)8(7)15(11)12/h3-6H,1-2H3. The zero-order valence-corrected chi connectivity index (χ0v) is 9.08. The molecule has 5 nitrogen and oxygen atoms in total. The number of ether oxygens (including phenoxy) is 2. The number of hydrogen-bond acceptors (Lipinski definition) is 5. The number of allylic oxidation sites excluding steroid dienone is 3. The lowest BCUT2D eigenvalue weighted by molar-refractivity contribution is -0.141. The highest BCUT2D eigenvalue weighted by Gasteiger charge is 2.29. The Morgan fingerprint density at radius 2 is 2.07 bits per heavy atom. The van der Waals surface area contributed by atoms with Gasteiger partial charge < -0.3 is 9.47 Å². The molecule has 82 valence electrons. The normalized spacial score (nSPS) is 19.5. The number of methoxy groups -OCH3 is 2. The van der Waals surface area contributed by atoms with E-state index in [4.69, 9.17) is 4.74 Å². The van der Waals surface area contributed by atoms with Crippen LogP contribution in [0.3, 0.4) is 0 Å². The van der Waals surface area contributed by atoms with E-state index in [0.717, 1.165) is 0 Å². The SMILES string of the molecule is COC(=O)C1C=CC=C(OC)C1=S(=O)=O. The van der Waals surface area contributed by atoms with Gasteiger partial charge >= 0.3 is 5.97 Å². The Labute approximate surface area is 88.5 Å². The molecule has 1 rings (SSSR count). The van der Waals surface area contributed by atoms with E-state index in [1.54, 1.807) is 6.08 Å². The molecule has 1 atom stereocenters. The maximum atomic E-state index is 11.3. The first-order valence-corrected chi connectivity index (χ1v) is 5.16. The van der Waals surface area contributed by atoms with Crippen LogP contribution in [0.2, 0.25) is 0 Å². The topological polar surface area (TPSA) is 69.7 Å². The minimum absolute atomic E-state index is 0.105. The third-order valence-electron chi connectivity index (χ3n) is 1.93. The summed E-state index contributed by atoms with van der Waals surface area (Å²) in [6.07, 6.45) is 4.47. The summed E-state index contributed by atoms with van der Waals surface area (Å²) in [7, 11) is 0.0273. The first kappa shape index (κ1) is 11.5. The lowest BCUT2D eigenvalue weighted by Crippen LogP contribution is -2.28. The van der Waals surface area contributed by atoms with Crippen molar-refractivity contribution in [3.63, 3.8) is 0 Å². The predicted octanol–water partition coefficient (Wildman–Crippen LogP) is -0.0728. The molecule has 0 amide bonds. The smallest absolute Gasteiger partial charge is 0.318 e. The van der Waals surface area contributed by atoms with E-state index in [1.807, 2.05) is 0 Å². The van der Waals surface area contributed by atoms with Crippen LogP contribution in [0.25, 0.3) is 0 Å². The van der Waals surface area contributed by atoms with Crippen LogP contribution < -0.4 is 0 Å². The third-order valence-corrected chi connectivity index (χ3v) is 2.75. The van der Waals surface area contributed by atoms with Crippen molar-refractivity contribution >= 4 is 21.1 Å². The molecule has 15 heavy (non-hydrogen) atoms. The summed E-state index contributed by atoms with van der Waals surface area (Å²) in [6.45, 7) is 0. The van der Waals surface area contributed by atoms with E-state index in [2.05, 4.69) is 4.74 Å². The minimum atomic E-state index is -2.51. The molecule has 0 aromatic carbocycles. The van der Waals surface area contributed by atoms with Gasteiger partial charge in [-0.3, -0.25) is 4.79 Å². The van der Waals surface area contributed by atoms with Crippen molar-refractivity contribution < 1.29 is 22.7 Å². The summed E-state index contributed by atoms with van der Waals surface area (Å²) in [5.41, 5.74) is 0. The van der Waals surface area contributed by atoms with Crippen molar-refractivity contribution in [1.82, 2.24) is 0 Å². The lowest BCUT2D eigenvalue weighted by atomic mass is 9.99. The average Bonchev–Trinajstić information content (AvgIpc) is 2.26. The van der Waals surface area contributed by atoms with Gasteiger partial charge in [0.1, 0.15) is 16.5 Å². The van der Waals surface area contributed by atoms with E-state index in [9.17, 15) is 13.2 Å². The fourth-order valence-electron chi connectivity index (χ4n) is 1.24. The molecule has 0 aliphatic heterocycles. The van der Waals surface area contributed by atoms with Crippen LogP contribution in [0.1, 0.15) is 0 Å². The number of carbonyl (C=O) groups is 1. The van der Waals surface area contributed by atoms with Gasteiger partial charge in [0.25, 0.3) is 0 Å². The van der Waals surface area contributed by atoms with Crippen LogP contribution in [0.5, 0.6) is 0 Å². The van der Waals surface area contributed by atoms with Gasteiger partial charge in [0.2, 0.25) is 10.3 Å². The van der Waals surface area contributed by atoms with Crippen molar-refractivity contribution in [3.05, 3.63) is 24.0 Å². The van der Waals surface area contributed by atoms with Gasteiger partial charge in [-0.15, -0.1) is 0 Å². The molecule has 6 heteroatoms. The Hall–Kier alpha value is -1.56. The largest absolute Gasteiger partial charge is 0.495 e. The van der Waals surface area contributed by atoms with Gasteiger partial charge in [-0.25, -0.2) is 0 Å². The number of carbonyl (C=O) groups excluding carboxylic acids is 1. The number of rotatable bonds is 2. The Balaban J connectivity index is 3.24. The second kappa shape index (κ2) is 4.79. The van der Waals surface area contributed by atoms with Gasteiger partial charge in [0.05, 0.1) is 14.2 Å². The molecular weight excluding hydrogens is 220 g/mol. The van der Waals surface area contributed by atoms with E-state index in [0.29, 0.717) is 0 Å². The summed E-state index contributed by atoms with van der Waals surface area (Å²) in [4.78, 5) is 11.2. The molecule has 0 aromatic rings. The first-order chi connectivity index (χ1) is 7.11. The Bertz CT molecular complexity index is 447. The second-order valence-corrected chi connectivity index (χ2v) is 3.63. The average molecular weight is 230 g/mol. The Kier molecular flexibility index (Phi) is 3.68. The number of esters is 1. The molecule has 0 saturated carbocycles. The monoisotopic (exact) mass is 230 g/mol. The quantitative estimate of drug-likeness (QED) is 0.490.